The molecule has 0 aliphatic rings. The molecule has 0 aliphatic carbocycles. The third kappa shape index (κ3) is 4.17. The van der Waals surface area contributed by atoms with Gasteiger partial charge in [0.05, 0.1) is 4.88 Å². The molecule has 1 aromatic carbocycles. The zero-order chi connectivity index (χ0) is 16.6. The van der Waals surface area contributed by atoms with Crippen molar-refractivity contribution in [2.45, 2.75) is 6.42 Å². The first-order valence-corrected chi connectivity index (χ1v) is 8.64. The number of carbonyl (C=O) groups is 1. The lowest BCUT2D eigenvalue weighted by Gasteiger charge is -2.07. The Bertz CT molecular complexity index is 774. The zero-order valence-electron chi connectivity index (χ0n) is 13.1. The maximum absolute atomic E-state index is 12.4. The van der Waals surface area contributed by atoms with E-state index in [0.717, 1.165) is 22.4 Å². The molecule has 5 nitrogen and oxygen atoms in total. The SMILES string of the molecule is O=C(NCCCNc1ncccn1)c1sccc1-c1ccccc1. The van der Waals surface area contributed by atoms with Gasteiger partial charge in [-0.25, -0.2) is 9.97 Å². The minimum atomic E-state index is -0.0279. The fraction of sp³-hybridized carbons (Fsp3) is 0.167. The number of hydrogen-bond acceptors (Lipinski definition) is 5. The third-order valence-electron chi connectivity index (χ3n) is 3.44. The van der Waals surface area contributed by atoms with Crippen molar-refractivity contribution in [3.05, 3.63) is 65.1 Å². The minimum Gasteiger partial charge on any atom is -0.354 e. The van der Waals surface area contributed by atoms with Crippen molar-refractivity contribution in [2.24, 2.45) is 0 Å². The number of benzene rings is 1. The number of amides is 1. The fourth-order valence-corrected chi connectivity index (χ4v) is 3.12. The number of aromatic nitrogens is 2. The lowest BCUT2D eigenvalue weighted by molar-refractivity contribution is 0.0958. The number of carbonyl (C=O) groups excluding carboxylic acids is 1. The maximum atomic E-state index is 12.4. The second-order valence-corrected chi connectivity index (χ2v) is 6.05. The van der Waals surface area contributed by atoms with Crippen LogP contribution in [0.15, 0.2) is 60.2 Å². The molecule has 2 N–H and O–H groups in total. The molecule has 0 bridgehead atoms. The van der Waals surface area contributed by atoms with Gasteiger partial charge in [-0.1, -0.05) is 30.3 Å². The molecule has 3 aromatic rings. The van der Waals surface area contributed by atoms with Crippen molar-refractivity contribution in [2.75, 3.05) is 18.4 Å². The second-order valence-electron chi connectivity index (χ2n) is 5.14. The van der Waals surface area contributed by atoms with Gasteiger partial charge in [0.15, 0.2) is 0 Å². The molecular formula is C18H18N4OS. The van der Waals surface area contributed by atoms with Crippen molar-refractivity contribution < 1.29 is 4.79 Å². The van der Waals surface area contributed by atoms with Crippen LogP contribution in [0.5, 0.6) is 0 Å². The largest absolute Gasteiger partial charge is 0.354 e. The summed E-state index contributed by atoms with van der Waals surface area (Å²) in [5.74, 6) is 0.577. The van der Waals surface area contributed by atoms with E-state index in [9.17, 15) is 4.79 Å². The summed E-state index contributed by atoms with van der Waals surface area (Å²) in [4.78, 5) is 21.3. The molecule has 0 saturated carbocycles. The smallest absolute Gasteiger partial charge is 0.261 e. The van der Waals surface area contributed by atoms with Gasteiger partial charge in [-0.15, -0.1) is 11.3 Å². The third-order valence-corrected chi connectivity index (χ3v) is 4.36. The Balaban J connectivity index is 1.49. The molecule has 0 radical (unpaired) electrons. The van der Waals surface area contributed by atoms with E-state index >= 15 is 0 Å². The summed E-state index contributed by atoms with van der Waals surface area (Å²) in [6.07, 6.45) is 4.19. The van der Waals surface area contributed by atoms with Crippen LogP contribution in [0.2, 0.25) is 0 Å². The van der Waals surface area contributed by atoms with Crippen LogP contribution in [0.4, 0.5) is 5.95 Å². The molecule has 0 saturated heterocycles. The van der Waals surface area contributed by atoms with Crippen LogP contribution in [0.3, 0.4) is 0 Å². The first-order valence-electron chi connectivity index (χ1n) is 7.76. The van der Waals surface area contributed by atoms with Gasteiger partial charge in [-0.2, -0.15) is 0 Å². The van der Waals surface area contributed by atoms with Gasteiger partial charge in [0.2, 0.25) is 5.95 Å². The number of thiophene rings is 1. The van der Waals surface area contributed by atoms with Crippen LogP contribution < -0.4 is 10.6 Å². The van der Waals surface area contributed by atoms with Gasteiger partial charge in [0.25, 0.3) is 5.91 Å². The van der Waals surface area contributed by atoms with E-state index in [1.807, 2.05) is 41.8 Å². The van der Waals surface area contributed by atoms with Crippen molar-refractivity contribution in [1.82, 2.24) is 15.3 Å². The van der Waals surface area contributed by atoms with Crippen LogP contribution in [-0.2, 0) is 0 Å². The van der Waals surface area contributed by atoms with E-state index in [1.165, 1.54) is 11.3 Å². The van der Waals surface area contributed by atoms with Gasteiger partial charge >= 0.3 is 0 Å². The standard InChI is InChI=1S/C18H18N4OS/c23-17(19-9-4-10-20-18-21-11-5-12-22-18)16-15(8-13-24-16)14-6-2-1-3-7-14/h1-3,5-8,11-13H,4,9-10H2,(H,19,23)(H,20,21,22). The van der Waals surface area contributed by atoms with Crippen LogP contribution in [0.25, 0.3) is 11.1 Å². The molecule has 0 fully saturated rings. The Hall–Kier alpha value is -2.73. The lowest BCUT2D eigenvalue weighted by atomic mass is 10.1. The normalized spacial score (nSPS) is 10.3. The molecule has 0 unspecified atom stereocenters. The first-order chi connectivity index (χ1) is 11.8. The first kappa shape index (κ1) is 16.1. The summed E-state index contributed by atoms with van der Waals surface area (Å²) in [5.41, 5.74) is 2.04. The van der Waals surface area contributed by atoms with E-state index in [1.54, 1.807) is 18.5 Å². The van der Waals surface area contributed by atoms with Gasteiger partial charge in [0.1, 0.15) is 0 Å². The average Bonchev–Trinajstić information content (AvgIpc) is 3.13. The molecule has 1 amide bonds. The average molecular weight is 338 g/mol. The van der Waals surface area contributed by atoms with E-state index in [-0.39, 0.29) is 5.91 Å². The molecule has 3 rings (SSSR count). The summed E-state index contributed by atoms with van der Waals surface area (Å²) in [7, 11) is 0. The Morgan fingerprint density at radius 1 is 1.00 bits per heavy atom. The summed E-state index contributed by atoms with van der Waals surface area (Å²) < 4.78 is 0. The topological polar surface area (TPSA) is 66.9 Å². The minimum absolute atomic E-state index is 0.0279. The van der Waals surface area contributed by atoms with Gasteiger partial charge < -0.3 is 10.6 Å². The lowest BCUT2D eigenvalue weighted by Crippen LogP contribution is -2.25. The summed E-state index contributed by atoms with van der Waals surface area (Å²) in [6.45, 7) is 1.31. The fourth-order valence-electron chi connectivity index (χ4n) is 2.29. The molecule has 0 aliphatic heterocycles. The highest BCUT2D eigenvalue weighted by atomic mass is 32.1. The molecule has 24 heavy (non-hydrogen) atoms. The molecule has 6 heteroatoms. The molecule has 2 aromatic heterocycles. The van der Waals surface area contributed by atoms with Crippen LogP contribution in [0.1, 0.15) is 16.1 Å². The number of nitrogens with zero attached hydrogens (tertiary/aromatic N) is 2. The van der Waals surface area contributed by atoms with Crippen molar-refractivity contribution in [1.29, 1.82) is 0 Å². The van der Waals surface area contributed by atoms with E-state index in [4.69, 9.17) is 0 Å². The monoisotopic (exact) mass is 338 g/mol. The Labute approximate surface area is 144 Å². The second kappa shape index (κ2) is 8.21. The summed E-state index contributed by atoms with van der Waals surface area (Å²) >= 11 is 1.47. The van der Waals surface area contributed by atoms with Crippen LogP contribution in [-0.4, -0.2) is 29.0 Å². The molecule has 0 spiro atoms. The van der Waals surface area contributed by atoms with Crippen LogP contribution >= 0.6 is 11.3 Å². The molecule has 0 atom stereocenters. The number of hydrogen-bond donors (Lipinski definition) is 2. The number of rotatable bonds is 7. The zero-order valence-corrected chi connectivity index (χ0v) is 13.9. The number of anilines is 1. The Morgan fingerprint density at radius 2 is 1.79 bits per heavy atom. The predicted octanol–water partition coefficient (Wildman–Crippen LogP) is 3.44. The van der Waals surface area contributed by atoms with Gasteiger partial charge in [-0.3, -0.25) is 4.79 Å². The van der Waals surface area contributed by atoms with E-state index in [2.05, 4.69) is 20.6 Å². The molecular weight excluding hydrogens is 320 g/mol. The predicted molar refractivity (Wildman–Crippen MR) is 97.2 cm³/mol. The molecule has 122 valence electrons. The Morgan fingerprint density at radius 3 is 2.58 bits per heavy atom. The van der Waals surface area contributed by atoms with Crippen molar-refractivity contribution >= 4 is 23.2 Å². The van der Waals surface area contributed by atoms with Crippen molar-refractivity contribution in [3.63, 3.8) is 0 Å². The highest BCUT2D eigenvalue weighted by Crippen LogP contribution is 2.27. The Kier molecular flexibility index (Phi) is 5.52. The summed E-state index contributed by atoms with van der Waals surface area (Å²) in [6, 6.07) is 13.7. The maximum Gasteiger partial charge on any atom is 0.261 e. The number of nitrogens with one attached hydrogen (secondary N) is 2. The van der Waals surface area contributed by atoms with Gasteiger partial charge in [0, 0.05) is 31.0 Å². The quantitative estimate of drug-likeness (QED) is 0.648. The molecule has 2 heterocycles. The van der Waals surface area contributed by atoms with Crippen LogP contribution in [0, 0.1) is 0 Å². The highest BCUT2D eigenvalue weighted by molar-refractivity contribution is 7.12. The summed E-state index contributed by atoms with van der Waals surface area (Å²) in [5, 5.41) is 8.04. The van der Waals surface area contributed by atoms with Gasteiger partial charge in [-0.05, 0) is 29.5 Å². The van der Waals surface area contributed by atoms with E-state index < -0.39 is 0 Å². The highest BCUT2D eigenvalue weighted by Gasteiger charge is 2.13. The van der Waals surface area contributed by atoms with E-state index in [0.29, 0.717) is 19.0 Å². The van der Waals surface area contributed by atoms with Crippen molar-refractivity contribution in [3.8, 4) is 11.1 Å².